The van der Waals surface area contributed by atoms with E-state index in [0.717, 1.165) is 15.5 Å². The first-order valence-electron chi connectivity index (χ1n) is 3.57. The molecule has 4 heteroatoms. The molecule has 0 spiro atoms. The molecule has 0 saturated carbocycles. The summed E-state index contributed by atoms with van der Waals surface area (Å²) in [6, 6.07) is 1.96. The summed E-state index contributed by atoms with van der Waals surface area (Å²) in [5.74, 6) is 0. The van der Waals surface area contributed by atoms with Crippen LogP contribution in [0, 0.1) is 6.92 Å². The highest BCUT2D eigenvalue weighted by Crippen LogP contribution is 2.23. The lowest BCUT2D eigenvalue weighted by Crippen LogP contribution is -1.91. The van der Waals surface area contributed by atoms with Crippen LogP contribution in [-0.4, -0.2) is 17.4 Å². The largest absolute Gasteiger partial charge is 0.388 e. The topological polar surface area (TPSA) is 17.8 Å². The van der Waals surface area contributed by atoms with Gasteiger partial charge in [0.25, 0.3) is 0 Å². The van der Waals surface area contributed by atoms with E-state index in [1.807, 2.05) is 13.0 Å². The zero-order valence-electron chi connectivity index (χ0n) is 6.58. The van der Waals surface area contributed by atoms with Crippen molar-refractivity contribution in [2.24, 2.45) is 0 Å². The van der Waals surface area contributed by atoms with Crippen molar-refractivity contribution in [3.63, 3.8) is 0 Å². The highest BCUT2D eigenvalue weighted by Gasteiger charge is 2.03. The second kappa shape index (κ2) is 2.63. The molecular weight excluding hydrogens is 215 g/mol. The van der Waals surface area contributed by atoms with E-state index in [2.05, 4.69) is 20.9 Å². The Morgan fingerprint density at radius 3 is 3.08 bits per heavy atom. The van der Waals surface area contributed by atoms with E-state index in [9.17, 15) is 0 Å². The van der Waals surface area contributed by atoms with Crippen molar-refractivity contribution >= 4 is 34.9 Å². The van der Waals surface area contributed by atoms with E-state index < -0.39 is 0 Å². The van der Waals surface area contributed by atoms with Gasteiger partial charge in [0.15, 0.2) is 0 Å². The van der Waals surface area contributed by atoms with Gasteiger partial charge in [-0.05, 0) is 40.7 Å². The van der Waals surface area contributed by atoms with Crippen LogP contribution in [0.1, 0.15) is 5.56 Å². The lowest BCUT2D eigenvalue weighted by Gasteiger charge is -2.00. The maximum Gasteiger partial charge on any atom is 0.236 e. The molecule has 0 aliphatic heterocycles. The summed E-state index contributed by atoms with van der Waals surface area (Å²) in [4.78, 5) is 4.19. The molecular formula is C8H6BBrN2. The fourth-order valence-corrected chi connectivity index (χ4v) is 1.53. The van der Waals surface area contributed by atoms with Gasteiger partial charge in [0.1, 0.15) is 5.65 Å². The van der Waals surface area contributed by atoms with Crippen molar-refractivity contribution < 1.29 is 0 Å². The standard InChI is InChI=1S/C8H6BBrN2/c1-5-6-2-3-12(9)8(6)11-4-7(5)10/h2-4H,1H3. The Hall–Kier alpha value is -0.765. The number of aromatic nitrogens is 2. The summed E-state index contributed by atoms with van der Waals surface area (Å²) in [7, 11) is 5.63. The number of hydrogen-bond acceptors (Lipinski definition) is 1. The summed E-state index contributed by atoms with van der Waals surface area (Å²) in [5, 5.41) is 1.09. The quantitative estimate of drug-likeness (QED) is 0.622. The number of fused-ring (bicyclic) bond motifs is 1. The monoisotopic (exact) mass is 220 g/mol. The summed E-state index contributed by atoms with van der Waals surface area (Å²) in [6.07, 6.45) is 3.57. The van der Waals surface area contributed by atoms with Gasteiger partial charge in [-0.25, -0.2) is 4.98 Å². The van der Waals surface area contributed by atoms with Gasteiger partial charge >= 0.3 is 0 Å². The molecule has 2 aromatic rings. The predicted octanol–water partition coefficient (Wildman–Crippen LogP) is 2.04. The molecule has 0 saturated heterocycles. The van der Waals surface area contributed by atoms with Gasteiger partial charge in [-0.15, -0.1) is 0 Å². The van der Waals surface area contributed by atoms with Gasteiger partial charge in [-0.3, -0.25) is 0 Å². The maximum atomic E-state index is 5.63. The number of halogens is 1. The van der Waals surface area contributed by atoms with Gasteiger partial charge in [-0.2, -0.15) is 0 Å². The number of hydrogen-bond donors (Lipinski definition) is 0. The molecule has 2 radical (unpaired) electrons. The molecule has 0 aliphatic rings. The molecule has 12 heavy (non-hydrogen) atoms. The highest BCUT2D eigenvalue weighted by molar-refractivity contribution is 9.10. The first kappa shape index (κ1) is 7.86. The van der Waals surface area contributed by atoms with Crippen molar-refractivity contribution in [3.05, 3.63) is 28.5 Å². The van der Waals surface area contributed by atoms with Crippen molar-refractivity contribution in [2.45, 2.75) is 6.92 Å². The van der Waals surface area contributed by atoms with E-state index in [-0.39, 0.29) is 0 Å². The van der Waals surface area contributed by atoms with Crippen LogP contribution < -0.4 is 0 Å². The molecule has 0 aromatic carbocycles. The Morgan fingerprint density at radius 2 is 2.33 bits per heavy atom. The molecule has 2 nitrogen and oxygen atoms in total. The second-order valence-electron chi connectivity index (χ2n) is 2.69. The molecule has 0 bridgehead atoms. The molecule has 2 aromatic heterocycles. The van der Waals surface area contributed by atoms with Gasteiger partial charge in [0.05, 0.1) is 0 Å². The zero-order valence-corrected chi connectivity index (χ0v) is 8.17. The second-order valence-corrected chi connectivity index (χ2v) is 3.55. The molecule has 0 atom stereocenters. The fraction of sp³-hybridized carbons (Fsp3) is 0.125. The van der Waals surface area contributed by atoms with Crippen LogP contribution in [0.3, 0.4) is 0 Å². The summed E-state index contributed by atoms with van der Waals surface area (Å²) in [5.41, 5.74) is 1.99. The number of aryl methyl sites for hydroxylation is 1. The minimum absolute atomic E-state index is 0.815. The Labute approximate surface area is 80.2 Å². The smallest absolute Gasteiger partial charge is 0.236 e. The Morgan fingerprint density at radius 1 is 1.58 bits per heavy atom. The molecule has 0 N–H and O–H groups in total. The van der Waals surface area contributed by atoms with Crippen LogP contribution in [0.4, 0.5) is 0 Å². The SMILES string of the molecule is [B]n1ccc2c(C)c(Br)cnc21. The fourth-order valence-electron chi connectivity index (χ4n) is 1.21. The molecule has 0 fully saturated rings. The van der Waals surface area contributed by atoms with Crippen LogP contribution in [0.15, 0.2) is 22.9 Å². The minimum atomic E-state index is 0.815. The average molecular weight is 221 g/mol. The van der Waals surface area contributed by atoms with Crippen LogP contribution in [0.5, 0.6) is 0 Å². The van der Waals surface area contributed by atoms with Crippen LogP contribution in [0.2, 0.25) is 0 Å². The van der Waals surface area contributed by atoms with Crippen molar-refractivity contribution in [2.75, 3.05) is 0 Å². The van der Waals surface area contributed by atoms with E-state index in [1.165, 1.54) is 10.0 Å². The summed E-state index contributed by atoms with van der Waals surface area (Å²) in [6.45, 7) is 2.04. The van der Waals surface area contributed by atoms with Crippen LogP contribution in [0.25, 0.3) is 11.0 Å². The van der Waals surface area contributed by atoms with Crippen molar-refractivity contribution in [1.29, 1.82) is 0 Å². The van der Waals surface area contributed by atoms with Gasteiger partial charge < -0.3 is 4.48 Å². The Balaban J connectivity index is 2.93. The number of rotatable bonds is 0. The minimum Gasteiger partial charge on any atom is -0.388 e. The first-order valence-corrected chi connectivity index (χ1v) is 4.36. The molecule has 0 amide bonds. The number of pyridine rings is 1. The third-order valence-electron chi connectivity index (χ3n) is 1.95. The van der Waals surface area contributed by atoms with Gasteiger partial charge in [0.2, 0.25) is 7.98 Å². The third-order valence-corrected chi connectivity index (χ3v) is 2.75. The molecule has 2 heterocycles. The normalized spacial score (nSPS) is 10.8. The van der Waals surface area contributed by atoms with Crippen molar-refractivity contribution in [3.8, 4) is 0 Å². The van der Waals surface area contributed by atoms with E-state index in [4.69, 9.17) is 7.98 Å². The van der Waals surface area contributed by atoms with Crippen LogP contribution in [-0.2, 0) is 0 Å². The molecule has 2 rings (SSSR count). The van der Waals surface area contributed by atoms with Gasteiger partial charge in [-0.1, -0.05) is 0 Å². The predicted molar refractivity (Wildman–Crippen MR) is 53.3 cm³/mol. The maximum absolute atomic E-state index is 5.63. The molecule has 0 unspecified atom stereocenters. The van der Waals surface area contributed by atoms with Crippen LogP contribution >= 0.6 is 15.9 Å². The third kappa shape index (κ3) is 0.983. The van der Waals surface area contributed by atoms with E-state index in [1.54, 1.807) is 12.4 Å². The summed E-state index contributed by atoms with van der Waals surface area (Å²) < 4.78 is 2.54. The first-order chi connectivity index (χ1) is 5.70. The number of nitrogens with zero attached hydrogens (tertiary/aromatic N) is 2. The lowest BCUT2D eigenvalue weighted by atomic mass is 10.2. The van der Waals surface area contributed by atoms with Gasteiger partial charge in [0, 0.05) is 16.1 Å². The molecule has 0 aliphatic carbocycles. The molecule has 58 valence electrons. The Kier molecular flexibility index (Phi) is 1.72. The van der Waals surface area contributed by atoms with E-state index >= 15 is 0 Å². The zero-order chi connectivity index (χ0) is 8.72. The Bertz CT molecular complexity index is 436. The average Bonchev–Trinajstić information content (AvgIpc) is 2.41. The highest BCUT2D eigenvalue weighted by atomic mass is 79.9. The lowest BCUT2D eigenvalue weighted by molar-refractivity contribution is 1.22. The van der Waals surface area contributed by atoms with Crippen molar-refractivity contribution in [1.82, 2.24) is 9.46 Å². The van der Waals surface area contributed by atoms with E-state index in [0.29, 0.717) is 0 Å². The summed E-state index contributed by atoms with van der Waals surface area (Å²) >= 11 is 3.41.